The summed E-state index contributed by atoms with van der Waals surface area (Å²) in [6.45, 7) is 4.74. The van der Waals surface area contributed by atoms with Crippen LogP contribution < -0.4 is 16.0 Å². The van der Waals surface area contributed by atoms with Crippen LogP contribution in [0.15, 0.2) is 72.8 Å². The number of rotatable bonds is 13. The lowest BCUT2D eigenvalue weighted by molar-refractivity contribution is -0.133. The van der Waals surface area contributed by atoms with E-state index >= 15 is 0 Å². The van der Waals surface area contributed by atoms with E-state index in [0.717, 1.165) is 5.56 Å². The number of hydrogen-bond donors (Lipinski definition) is 6. The van der Waals surface area contributed by atoms with E-state index in [2.05, 4.69) is 16.0 Å². The summed E-state index contributed by atoms with van der Waals surface area (Å²) in [7, 11) is 0. The lowest BCUT2D eigenvalue weighted by Gasteiger charge is -2.26. The van der Waals surface area contributed by atoms with Gasteiger partial charge in [-0.25, -0.2) is 0 Å². The first-order valence-electron chi connectivity index (χ1n) is 13.7. The highest BCUT2D eigenvalue weighted by molar-refractivity contribution is 5.95. The minimum atomic E-state index is -1.12. The van der Waals surface area contributed by atoms with Gasteiger partial charge in [-0.1, -0.05) is 50.2 Å². The molecule has 0 spiro atoms. The van der Waals surface area contributed by atoms with Gasteiger partial charge in [-0.2, -0.15) is 0 Å². The summed E-state index contributed by atoms with van der Waals surface area (Å²) >= 11 is 0. The third-order valence-electron chi connectivity index (χ3n) is 6.68. The van der Waals surface area contributed by atoms with E-state index in [4.69, 9.17) is 0 Å². The Kier molecular flexibility index (Phi) is 11.1. The normalized spacial score (nSPS) is 13.0. The number of aromatic hydroxyl groups is 3. The lowest BCUT2D eigenvalue weighted by atomic mass is 9.95. The van der Waals surface area contributed by atoms with Crippen LogP contribution in [-0.4, -0.2) is 56.9 Å². The highest BCUT2D eigenvalue weighted by Gasteiger charge is 2.30. The molecule has 0 unspecified atom stereocenters. The zero-order valence-electron chi connectivity index (χ0n) is 23.8. The van der Waals surface area contributed by atoms with Crippen molar-refractivity contribution >= 4 is 23.5 Å². The molecule has 10 nitrogen and oxygen atoms in total. The van der Waals surface area contributed by atoms with E-state index in [1.54, 1.807) is 50.2 Å². The van der Waals surface area contributed by atoms with E-state index in [-0.39, 0.29) is 48.2 Å². The number of phenolic OH excluding ortho intramolecular Hbond substituents is 3. The number of hydrogen-bond acceptors (Lipinski definition) is 7. The molecular formula is C32H37N3O7. The van der Waals surface area contributed by atoms with Gasteiger partial charge in [0.2, 0.25) is 17.7 Å². The van der Waals surface area contributed by atoms with Gasteiger partial charge in [-0.15, -0.1) is 0 Å². The maximum atomic E-state index is 13.7. The van der Waals surface area contributed by atoms with Crippen LogP contribution in [-0.2, 0) is 38.4 Å². The summed E-state index contributed by atoms with van der Waals surface area (Å²) in [5.74, 6) is -2.05. The van der Waals surface area contributed by atoms with Crippen LogP contribution in [0, 0.1) is 5.92 Å². The standard InChI is InChI=1S/C32H37N3O7/c1-19(2)30(40)27(16-21-4-10-24(37)11-5-21)34-32(42)29(18-23-8-14-26(39)15-9-23)35-31(41)28(33-20(3)36)17-22-6-12-25(38)13-7-22/h4-15,19,27-29,37-39H,16-18H2,1-3H3,(H,33,36)(H,34,42)(H,35,41)/t27-,28-,29-/m0/s1. The molecule has 0 aromatic heterocycles. The van der Waals surface area contributed by atoms with Crippen molar-refractivity contribution in [2.45, 2.75) is 58.2 Å². The fraction of sp³-hybridized carbons (Fsp3) is 0.312. The number of ketones is 1. The molecule has 3 aromatic rings. The van der Waals surface area contributed by atoms with Crippen molar-refractivity contribution in [3.63, 3.8) is 0 Å². The SMILES string of the molecule is CC(=O)N[C@@H](Cc1ccc(O)cc1)C(=O)N[C@@H](Cc1ccc(O)cc1)C(=O)N[C@@H](Cc1ccc(O)cc1)C(=O)C(C)C. The molecule has 10 heteroatoms. The summed E-state index contributed by atoms with van der Waals surface area (Å²) < 4.78 is 0. The maximum absolute atomic E-state index is 13.7. The number of Topliss-reactive ketones (excluding diaryl/α,β-unsaturated/α-hetero) is 1. The highest BCUT2D eigenvalue weighted by atomic mass is 16.3. The maximum Gasteiger partial charge on any atom is 0.243 e. The van der Waals surface area contributed by atoms with Crippen LogP contribution in [0.3, 0.4) is 0 Å². The molecule has 3 atom stereocenters. The Hall–Kier alpha value is -4.86. The molecule has 0 saturated heterocycles. The van der Waals surface area contributed by atoms with Crippen molar-refractivity contribution in [1.29, 1.82) is 0 Å². The number of carbonyl (C=O) groups excluding carboxylic acids is 4. The zero-order valence-corrected chi connectivity index (χ0v) is 23.8. The molecule has 0 heterocycles. The average Bonchev–Trinajstić information content (AvgIpc) is 2.94. The molecule has 6 N–H and O–H groups in total. The Morgan fingerprint density at radius 2 is 0.857 bits per heavy atom. The molecule has 222 valence electrons. The Bertz CT molecular complexity index is 1370. The molecule has 3 amide bonds. The van der Waals surface area contributed by atoms with Crippen LogP contribution in [0.1, 0.15) is 37.5 Å². The third-order valence-corrected chi connectivity index (χ3v) is 6.68. The molecule has 0 aliphatic heterocycles. The average molecular weight is 576 g/mol. The van der Waals surface area contributed by atoms with Gasteiger partial charge in [-0.3, -0.25) is 19.2 Å². The predicted octanol–water partition coefficient (Wildman–Crippen LogP) is 2.53. The summed E-state index contributed by atoms with van der Waals surface area (Å²) in [5.41, 5.74) is 2.05. The predicted molar refractivity (Wildman–Crippen MR) is 157 cm³/mol. The first-order chi connectivity index (χ1) is 19.9. The molecule has 0 radical (unpaired) electrons. The van der Waals surface area contributed by atoms with Crippen LogP contribution >= 0.6 is 0 Å². The van der Waals surface area contributed by atoms with Gasteiger partial charge in [0.25, 0.3) is 0 Å². The van der Waals surface area contributed by atoms with Gasteiger partial charge in [0.1, 0.15) is 29.3 Å². The van der Waals surface area contributed by atoms with Crippen molar-refractivity contribution < 1.29 is 34.5 Å². The Labute approximate surface area is 244 Å². The van der Waals surface area contributed by atoms with Crippen molar-refractivity contribution in [3.05, 3.63) is 89.5 Å². The number of nitrogens with one attached hydrogen (secondary N) is 3. The number of amides is 3. The minimum absolute atomic E-state index is 0.0416. The Morgan fingerprint density at radius 3 is 1.19 bits per heavy atom. The molecule has 0 fully saturated rings. The van der Waals surface area contributed by atoms with E-state index in [0.29, 0.717) is 11.1 Å². The van der Waals surface area contributed by atoms with Gasteiger partial charge >= 0.3 is 0 Å². The van der Waals surface area contributed by atoms with Crippen LogP contribution in [0.2, 0.25) is 0 Å². The molecule has 3 aromatic carbocycles. The highest BCUT2D eigenvalue weighted by Crippen LogP contribution is 2.16. The zero-order chi connectivity index (χ0) is 30.8. The minimum Gasteiger partial charge on any atom is -0.508 e. The van der Waals surface area contributed by atoms with Gasteiger partial charge in [0.15, 0.2) is 5.78 Å². The van der Waals surface area contributed by atoms with E-state index in [9.17, 15) is 34.5 Å². The fourth-order valence-corrected chi connectivity index (χ4v) is 4.44. The van der Waals surface area contributed by atoms with Gasteiger partial charge in [0.05, 0.1) is 6.04 Å². The molecule has 3 rings (SSSR count). The second-order valence-corrected chi connectivity index (χ2v) is 10.5. The fourth-order valence-electron chi connectivity index (χ4n) is 4.44. The van der Waals surface area contributed by atoms with E-state index < -0.39 is 35.8 Å². The van der Waals surface area contributed by atoms with Crippen molar-refractivity contribution in [3.8, 4) is 17.2 Å². The van der Waals surface area contributed by atoms with Crippen molar-refractivity contribution in [1.82, 2.24) is 16.0 Å². The third kappa shape index (κ3) is 9.65. The van der Waals surface area contributed by atoms with Crippen LogP contribution in [0.5, 0.6) is 17.2 Å². The number of benzene rings is 3. The van der Waals surface area contributed by atoms with Gasteiger partial charge in [-0.05, 0) is 59.5 Å². The topological polar surface area (TPSA) is 165 Å². The first-order valence-corrected chi connectivity index (χ1v) is 13.7. The number of carbonyl (C=O) groups is 4. The first kappa shape index (κ1) is 31.7. The smallest absolute Gasteiger partial charge is 0.243 e. The van der Waals surface area contributed by atoms with Crippen LogP contribution in [0.25, 0.3) is 0 Å². The Balaban J connectivity index is 1.87. The summed E-state index contributed by atoms with van der Waals surface area (Å²) in [6.07, 6.45) is 0.332. The summed E-state index contributed by atoms with van der Waals surface area (Å²) in [4.78, 5) is 52.2. The quantitative estimate of drug-likeness (QED) is 0.182. The lowest BCUT2D eigenvalue weighted by Crippen LogP contribution is -2.57. The summed E-state index contributed by atoms with van der Waals surface area (Å²) in [5, 5.41) is 37.1. The summed E-state index contributed by atoms with van der Waals surface area (Å²) in [6, 6.07) is 15.7. The molecule has 0 aliphatic rings. The number of phenols is 3. The van der Waals surface area contributed by atoms with Crippen molar-refractivity contribution in [2.24, 2.45) is 5.92 Å². The molecule has 0 bridgehead atoms. The largest absolute Gasteiger partial charge is 0.508 e. The molecule has 0 saturated carbocycles. The van der Waals surface area contributed by atoms with Crippen LogP contribution in [0.4, 0.5) is 0 Å². The molecule has 42 heavy (non-hydrogen) atoms. The van der Waals surface area contributed by atoms with Gasteiger partial charge in [0, 0.05) is 25.7 Å². The molecular weight excluding hydrogens is 538 g/mol. The Morgan fingerprint density at radius 1 is 0.548 bits per heavy atom. The van der Waals surface area contributed by atoms with Crippen molar-refractivity contribution in [2.75, 3.05) is 0 Å². The van der Waals surface area contributed by atoms with Gasteiger partial charge < -0.3 is 31.3 Å². The second kappa shape index (κ2) is 14.7. The van der Waals surface area contributed by atoms with E-state index in [1.165, 1.54) is 43.3 Å². The van der Waals surface area contributed by atoms with E-state index in [1.807, 2.05) is 0 Å². The molecule has 0 aliphatic carbocycles. The second-order valence-electron chi connectivity index (χ2n) is 10.5. The monoisotopic (exact) mass is 575 g/mol.